The van der Waals surface area contributed by atoms with E-state index in [4.69, 9.17) is 0 Å². The molecule has 0 atom stereocenters. The molecule has 0 heterocycles. The standard InChI is InChI=1S/C12H21N/c1-4-7-10-13(11-8-5-2)12-9-6-3/h4-6H,1-3,7-12H2. The molecular formula is C12H21N. The van der Waals surface area contributed by atoms with Crippen LogP contribution >= 0.6 is 0 Å². The summed E-state index contributed by atoms with van der Waals surface area (Å²) in [5, 5.41) is 0. The van der Waals surface area contributed by atoms with Crippen molar-refractivity contribution in [2.45, 2.75) is 19.3 Å². The van der Waals surface area contributed by atoms with E-state index in [0.29, 0.717) is 0 Å². The average Bonchev–Trinajstić information content (AvgIpc) is 2.17. The first-order valence-corrected chi connectivity index (χ1v) is 4.90. The van der Waals surface area contributed by atoms with Crippen LogP contribution in [0, 0.1) is 0 Å². The molecule has 74 valence electrons. The minimum absolute atomic E-state index is 1.06. The molecular weight excluding hydrogens is 158 g/mol. The number of rotatable bonds is 9. The Bertz CT molecular complexity index is 121. The fourth-order valence-corrected chi connectivity index (χ4v) is 1.16. The second kappa shape index (κ2) is 9.27. The molecule has 0 spiro atoms. The minimum atomic E-state index is 1.06. The Morgan fingerprint density at radius 1 is 0.692 bits per heavy atom. The molecule has 1 heteroatoms. The van der Waals surface area contributed by atoms with Crippen molar-refractivity contribution in [2.75, 3.05) is 19.6 Å². The third kappa shape index (κ3) is 7.54. The minimum Gasteiger partial charge on any atom is -0.302 e. The lowest BCUT2D eigenvalue weighted by Crippen LogP contribution is -2.26. The summed E-state index contributed by atoms with van der Waals surface area (Å²) in [5.74, 6) is 0. The van der Waals surface area contributed by atoms with E-state index in [1.165, 1.54) is 0 Å². The van der Waals surface area contributed by atoms with Gasteiger partial charge in [-0.2, -0.15) is 0 Å². The van der Waals surface area contributed by atoms with Gasteiger partial charge in [0, 0.05) is 19.6 Å². The second-order valence-corrected chi connectivity index (χ2v) is 3.07. The predicted molar refractivity (Wildman–Crippen MR) is 60.9 cm³/mol. The molecule has 0 aromatic carbocycles. The normalized spacial score (nSPS) is 9.92. The van der Waals surface area contributed by atoms with E-state index < -0.39 is 0 Å². The average molecular weight is 179 g/mol. The van der Waals surface area contributed by atoms with Gasteiger partial charge in [0.25, 0.3) is 0 Å². The van der Waals surface area contributed by atoms with Crippen molar-refractivity contribution in [2.24, 2.45) is 0 Å². The Morgan fingerprint density at radius 3 is 1.23 bits per heavy atom. The predicted octanol–water partition coefficient (Wildman–Crippen LogP) is 3.02. The molecule has 0 bridgehead atoms. The molecule has 13 heavy (non-hydrogen) atoms. The van der Waals surface area contributed by atoms with Gasteiger partial charge in [-0.1, -0.05) is 18.2 Å². The first-order valence-electron chi connectivity index (χ1n) is 4.90. The van der Waals surface area contributed by atoms with Crippen molar-refractivity contribution >= 4 is 0 Å². The largest absolute Gasteiger partial charge is 0.302 e. The molecule has 0 fully saturated rings. The lowest BCUT2D eigenvalue weighted by Gasteiger charge is -2.19. The van der Waals surface area contributed by atoms with Gasteiger partial charge in [-0.05, 0) is 19.3 Å². The Morgan fingerprint density at radius 2 is 1.00 bits per heavy atom. The van der Waals surface area contributed by atoms with Crippen LogP contribution in [0.4, 0.5) is 0 Å². The molecule has 0 aromatic heterocycles. The summed E-state index contributed by atoms with van der Waals surface area (Å²) in [4.78, 5) is 2.42. The first-order chi connectivity index (χ1) is 6.35. The van der Waals surface area contributed by atoms with Crippen molar-refractivity contribution < 1.29 is 0 Å². The second-order valence-electron chi connectivity index (χ2n) is 3.07. The number of hydrogen-bond donors (Lipinski definition) is 0. The summed E-state index contributed by atoms with van der Waals surface area (Å²) < 4.78 is 0. The quantitative estimate of drug-likeness (QED) is 0.492. The van der Waals surface area contributed by atoms with Crippen molar-refractivity contribution in [1.82, 2.24) is 4.90 Å². The van der Waals surface area contributed by atoms with E-state index in [1.807, 2.05) is 18.2 Å². The van der Waals surface area contributed by atoms with Crippen LogP contribution in [0.5, 0.6) is 0 Å². The fourth-order valence-electron chi connectivity index (χ4n) is 1.16. The third-order valence-electron chi connectivity index (χ3n) is 1.95. The van der Waals surface area contributed by atoms with Gasteiger partial charge in [-0.15, -0.1) is 19.7 Å². The van der Waals surface area contributed by atoms with Crippen molar-refractivity contribution in [3.8, 4) is 0 Å². The zero-order chi connectivity index (χ0) is 9.94. The molecule has 0 aliphatic carbocycles. The Hall–Kier alpha value is -0.820. The van der Waals surface area contributed by atoms with Gasteiger partial charge >= 0.3 is 0 Å². The number of hydrogen-bond acceptors (Lipinski definition) is 1. The highest BCUT2D eigenvalue weighted by Gasteiger charge is 2.00. The Balaban J connectivity index is 3.64. The Labute approximate surface area is 82.4 Å². The van der Waals surface area contributed by atoms with Gasteiger partial charge in [0.1, 0.15) is 0 Å². The van der Waals surface area contributed by atoms with E-state index in [1.54, 1.807) is 0 Å². The molecule has 0 N–H and O–H groups in total. The zero-order valence-electron chi connectivity index (χ0n) is 8.54. The van der Waals surface area contributed by atoms with Crippen molar-refractivity contribution in [3.05, 3.63) is 38.0 Å². The van der Waals surface area contributed by atoms with Gasteiger partial charge < -0.3 is 4.90 Å². The van der Waals surface area contributed by atoms with Gasteiger partial charge in [-0.3, -0.25) is 0 Å². The van der Waals surface area contributed by atoms with Gasteiger partial charge in [0.05, 0.1) is 0 Å². The van der Waals surface area contributed by atoms with Crippen molar-refractivity contribution in [1.29, 1.82) is 0 Å². The third-order valence-corrected chi connectivity index (χ3v) is 1.95. The van der Waals surface area contributed by atoms with E-state index in [0.717, 1.165) is 38.9 Å². The van der Waals surface area contributed by atoms with Crippen LogP contribution in [0.1, 0.15) is 19.3 Å². The summed E-state index contributed by atoms with van der Waals surface area (Å²) in [5.41, 5.74) is 0. The van der Waals surface area contributed by atoms with Crippen LogP contribution in [0.2, 0.25) is 0 Å². The lowest BCUT2D eigenvalue weighted by molar-refractivity contribution is 0.290. The maximum Gasteiger partial charge on any atom is 0.00161 e. The zero-order valence-corrected chi connectivity index (χ0v) is 8.54. The van der Waals surface area contributed by atoms with E-state index >= 15 is 0 Å². The molecule has 0 aliphatic heterocycles. The van der Waals surface area contributed by atoms with E-state index in [9.17, 15) is 0 Å². The lowest BCUT2D eigenvalue weighted by atomic mass is 10.3. The maximum absolute atomic E-state index is 3.73. The van der Waals surface area contributed by atoms with Crippen LogP contribution in [-0.2, 0) is 0 Å². The topological polar surface area (TPSA) is 3.24 Å². The molecule has 0 radical (unpaired) electrons. The van der Waals surface area contributed by atoms with Gasteiger partial charge in [0.2, 0.25) is 0 Å². The highest BCUT2D eigenvalue weighted by Crippen LogP contribution is 1.97. The highest BCUT2D eigenvalue weighted by molar-refractivity contribution is 4.76. The Kier molecular flexibility index (Phi) is 8.68. The van der Waals surface area contributed by atoms with Crippen LogP contribution in [-0.4, -0.2) is 24.5 Å². The fraction of sp³-hybridized carbons (Fsp3) is 0.500. The molecule has 0 rings (SSSR count). The van der Waals surface area contributed by atoms with E-state index in [-0.39, 0.29) is 0 Å². The highest BCUT2D eigenvalue weighted by atomic mass is 15.1. The van der Waals surface area contributed by atoms with Crippen LogP contribution in [0.25, 0.3) is 0 Å². The van der Waals surface area contributed by atoms with Gasteiger partial charge in [0.15, 0.2) is 0 Å². The summed E-state index contributed by atoms with van der Waals surface area (Å²) in [6.07, 6.45) is 9.09. The molecule has 0 amide bonds. The molecule has 0 saturated carbocycles. The molecule has 0 saturated heterocycles. The molecule has 0 unspecified atom stereocenters. The first kappa shape index (κ1) is 12.2. The van der Waals surface area contributed by atoms with Crippen LogP contribution in [0.15, 0.2) is 38.0 Å². The summed E-state index contributed by atoms with van der Waals surface area (Å²) in [6, 6.07) is 0. The maximum atomic E-state index is 3.73. The number of nitrogens with zero attached hydrogens (tertiary/aromatic N) is 1. The molecule has 1 nitrogen and oxygen atoms in total. The van der Waals surface area contributed by atoms with E-state index in [2.05, 4.69) is 24.6 Å². The summed E-state index contributed by atoms with van der Waals surface area (Å²) in [7, 11) is 0. The smallest absolute Gasteiger partial charge is 0.00161 e. The molecule has 0 aromatic rings. The SMILES string of the molecule is C=CCCN(CCC=C)CCC=C. The molecule has 0 aliphatic rings. The van der Waals surface area contributed by atoms with Crippen LogP contribution < -0.4 is 0 Å². The summed E-state index contributed by atoms with van der Waals surface area (Å²) in [6.45, 7) is 14.5. The van der Waals surface area contributed by atoms with Crippen LogP contribution in [0.3, 0.4) is 0 Å². The van der Waals surface area contributed by atoms with Gasteiger partial charge in [-0.25, -0.2) is 0 Å². The summed E-state index contributed by atoms with van der Waals surface area (Å²) >= 11 is 0. The monoisotopic (exact) mass is 179 g/mol. The van der Waals surface area contributed by atoms with Crippen molar-refractivity contribution in [3.63, 3.8) is 0 Å².